The predicted molar refractivity (Wildman–Crippen MR) is 87.4 cm³/mol. The topological polar surface area (TPSA) is 64.3 Å². The maximum absolute atomic E-state index is 11.9. The predicted octanol–water partition coefficient (Wildman–Crippen LogP) is 2.40. The molecule has 0 spiro atoms. The van der Waals surface area contributed by atoms with Gasteiger partial charge in [-0.05, 0) is 36.8 Å². The number of amides is 1. The number of nitrogens with one attached hydrogen (secondary N) is 1. The third kappa shape index (κ3) is 3.94. The number of ether oxygens (including phenoxy) is 1. The number of thiocarbonyl (C=S) groups is 1. The lowest BCUT2D eigenvalue weighted by Gasteiger charge is -2.41. The van der Waals surface area contributed by atoms with Gasteiger partial charge in [-0.2, -0.15) is 0 Å². The van der Waals surface area contributed by atoms with Crippen molar-refractivity contribution >= 4 is 23.1 Å². The summed E-state index contributed by atoms with van der Waals surface area (Å²) < 4.78 is 5.53. The molecule has 0 aromatic heterocycles. The van der Waals surface area contributed by atoms with Crippen molar-refractivity contribution in [3.8, 4) is 5.75 Å². The second kappa shape index (κ2) is 6.89. The largest absolute Gasteiger partial charge is 0.483 e. The molecule has 1 saturated carbocycles. The summed E-state index contributed by atoms with van der Waals surface area (Å²) in [4.78, 5) is 12.2. The lowest BCUT2D eigenvalue weighted by Crippen LogP contribution is -2.43. The molecule has 1 amide bonds. The van der Waals surface area contributed by atoms with Gasteiger partial charge in [0.1, 0.15) is 10.7 Å². The van der Waals surface area contributed by atoms with Crippen molar-refractivity contribution in [1.29, 1.82) is 0 Å². The van der Waals surface area contributed by atoms with Crippen molar-refractivity contribution in [3.05, 3.63) is 29.8 Å². The highest BCUT2D eigenvalue weighted by atomic mass is 32.1. The molecule has 0 unspecified atom stereocenters. The molecule has 1 aliphatic rings. The van der Waals surface area contributed by atoms with Crippen molar-refractivity contribution in [2.75, 3.05) is 13.2 Å². The zero-order chi connectivity index (χ0) is 15.3. The van der Waals surface area contributed by atoms with Crippen molar-refractivity contribution in [3.63, 3.8) is 0 Å². The molecule has 0 bridgehead atoms. The number of rotatable bonds is 7. The summed E-state index contributed by atoms with van der Waals surface area (Å²) in [6, 6.07) is 7.22. The van der Waals surface area contributed by atoms with Crippen LogP contribution in [0.25, 0.3) is 0 Å². The Bertz CT molecular complexity index is 521. The fourth-order valence-electron chi connectivity index (χ4n) is 2.61. The highest BCUT2D eigenvalue weighted by molar-refractivity contribution is 7.80. The van der Waals surface area contributed by atoms with E-state index in [0.717, 1.165) is 13.0 Å². The Kier molecular flexibility index (Phi) is 5.17. The second-order valence-electron chi connectivity index (χ2n) is 5.63. The molecule has 0 atom stereocenters. The van der Waals surface area contributed by atoms with Crippen LogP contribution >= 0.6 is 12.2 Å². The van der Waals surface area contributed by atoms with E-state index in [0.29, 0.717) is 16.7 Å². The summed E-state index contributed by atoms with van der Waals surface area (Å²) in [6.07, 6.45) is 4.78. The van der Waals surface area contributed by atoms with E-state index in [-0.39, 0.29) is 17.5 Å². The fraction of sp³-hybridized carbons (Fsp3) is 0.500. The van der Waals surface area contributed by atoms with Crippen LogP contribution in [0.2, 0.25) is 0 Å². The Morgan fingerprint density at radius 2 is 2.14 bits per heavy atom. The number of nitrogens with two attached hydrogens (primary N) is 1. The molecule has 5 heteroatoms. The molecule has 0 radical (unpaired) electrons. The quantitative estimate of drug-likeness (QED) is 0.759. The molecule has 114 valence electrons. The van der Waals surface area contributed by atoms with Crippen LogP contribution in [0, 0.1) is 5.41 Å². The normalized spacial score (nSPS) is 15.9. The first-order valence-corrected chi connectivity index (χ1v) is 7.75. The van der Waals surface area contributed by atoms with E-state index in [1.54, 1.807) is 12.1 Å². The molecule has 1 fully saturated rings. The first-order chi connectivity index (χ1) is 10.1. The van der Waals surface area contributed by atoms with Gasteiger partial charge in [0.2, 0.25) is 0 Å². The lowest BCUT2D eigenvalue weighted by atomic mass is 9.67. The van der Waals surface area contributed by atoms with E-state index in [1.165, 1.54) is 19.3 Å². The van der Waals surface area contributed by atoms with Gasteiger partial charge in [0.05, 0.1) is 5.56 Å². The molecule has 2 rings (SSSR count). The molecule has 1 aromatic carbocycles. The van der Waals surface area contributed by atoms with E-state index in [4.69, 9.17) is 22.7 Å². The van der Waals surface area contributed by atoms with Crippen LogP contribution in [0.1, 0.15) is 38.2 Å². The summed E-state index contributed by atoms with van der Waals surface area (Å²) >= 11 is 4.97. The molecule has 3 N–H and O–H groups in total. The third-order valence-electron chi connectivity index (χ3n) is 4.34. The van der Waals surface area contributed by atoms with Gasteiger partial charge >= 0.3 is 0 Å². The van der Waals surface area contributed by atoms with E-state index in [2.05, 4.69) is 12.2 Å². The van der Waals surface area contributed by atoms with Crippen LogP contribution < -0.4 is 15.8 Å². The van der Waals surface area contributed by atoms with Gasteiger partial charge in [-0.25, -0.2) is 0 Å². The minimum atomic E-state index is -0.104. The number of benzene rings is 1. The van der Waals surface area contributed by atoms with E-state index in [9.17, 15) is 4.79 Å². The summed E-state index contributed by atoms with van der Waals surface area (Å²) in [5.74, 6) is 0.446. The Morgan fingerprint density at radius 1 is 1.43 bits per heavy atom. The molecule has 1 aliphatic carbocycles. The van der Waals surface area contributed by atoms with Crippen LogP contribution in [0.15, 0.2) is 24.3 Å². The van der Waals surface area contributed by atoms with Crippen LogP contribution in [-0.4, -0.2) is 24.0 Å². The summed E-state index contributed by atoms with van der Waals surface area (Å²) in [5, 5.41) is 2.97. The average Bonchev–Trinajstić information content (AvgIpc) is 2.44. The summed E-state index contributed by atoms with van der Waals surface area (Å²) in [7, 11) is 0. The van der Waals surface area contributed by atoms with Gasteiger partial charge in [-0.15, -0.1) is 0 Å². The monoisotopic (exact) mass is 306 g/mol. The van der Waals surface area contributed by atoms with Gasteiger partial charge in [0.15, 0.2) is 6.61 Å². The Balaban J connectivity index is 1.83. The van der Waals surface area contributed by atoms with Crippen molar-refractivity contribution in [2.45, 2.75) is 32.6 Å². The van der Waals surface area contributed by atoms with Gasteiger partial charge in [0, 0.05) is 6.54 Å². The fourth-order valence-corrected chi connectivity index (χ4v) is 2.78. The van der Waals surface area contributed by atoms with Gasteiger partial charge in [-0.3, -0.25) is 4.79 Å². The standard InChI is InChI=1S/C16H22N2O2S/c1-2-16(8-5-9-16)11-18-14(19)10-20-13-7-4-3-6-12(13)15(17)21/h3-4,6-7H,2,5,8-11H2,1H3,(H2,17,21)(H,18,19). The van der Waals surface area contributed by atoms with Crippen LogP contribution in [0.4, 0.5) is 0 Å². The van der Waals surface area contributed by atoms with Crippen molar-refractivity contribution in [1.82, 2.24) is 5.32 Å². The SMILES string of the molecule is CCC1(CNC(=O)COc2ccccc2C(N)=S)CCC1. The number of carbonyl (C=O) groups excluding carboxylic acids is 1. The Hall–Kier alpha value is -1.62. The first-order valence-electron chi connectivity index (χ1n) is 7.35. The molecule has 4 nitrogen and oxygen atoms in total. The van der Waals surface area contributed by atoms with Gasteiger partial charge in [0.25, 0.3) is 5.91 Å². The van der Waals surface area contributed by atoms with Gasteiger partial charge < -0.3 is 15.8 Å². The minimum Gasteiger partial charge on any atom is -0.483 e. The average molecular weight is 306 g/mol. The van der Waals surface area contributed by atoms with Crippen molar-refractivity contribution in [2.24, 2.45) is 11.1 Å². The number of hydrogen-bond donors (Lipinski definition) is 2. The molecular formula is C16H22N2O2S. The second-order valence-corrected chi connectivity index (χ2v) is 6.07. The van der Waals surface area contributed by atoms with E-state index >= 15 is 0 Å². The highest BCUT2D eigenvalue weighted by Gasteiger charge is 2.35. The van der Waals surface area contributed by atoms with E-state index < -0.39 is 0 Å². The highest BCUT2D eigenvalue weighted by Crippen LogP contribution is 2.42. The maximum Gasteiger partial charge on any atom is 0.257 e. The zero-order valence-electron chi connectivity index (χ0n) is 12.4. The Morgan fingerprint density at radius 3 is 2.71 bits per heavy atom. The maximum atomic E-state index is 11.9. The Labute approximate surface area is 131 Å². The van der Waals surface area contributed by atoms with Crippen LogP contribution in [-0.2, 0) is 4.79 Å². The molecule has 21 heavy (non-hydrogen) atoms. The number of hydrogen-bond acceptors (Lipinski definition) is 3. The molecule has 0 heterocycles. The zero-order valence-corrected chi connectivity index (χ0v) is 13.2. The lowest BCUT2D eigenvalue weighted by molar-refractivity contribution is -0.124. The van der Waals surface area contributed by atoms with Crippen LogP contribution in [0.5, 0.6) is 5.75 Å². The summed E-state index contributed by atoms with van der Waals surface area (Å²) in [5.41, 5.74) is 6.60. The number of para-hydroxylation sites is 1. The molecular weight excluding hydrogens is 284 g/mol. The number of carbonyl (C=O) groups is 1. The smallest absolute Gasteiger partial charge is 0.257 e. The minimum absolute atomic E-state index is 0.0145. The summed E-state index contributed by atoms with van der Waals surface area (Å²) in [6.45, 7) is 2.91. The third-order valence-corrected chi connectivity index (χ3v) is 4.56. The van der Waals surface area contributed by atoms with Crippen molar-refractivity contribution < 1.29 is 9.53 Å². The first kappa shape index (κ1) is 15.8. The van der Waals surface area contributed by atoms with Crippen LogP contribution in [0.3, 0.4) is 0 Å². The molecule has 0 saturated heterocycles. The molecule has 1 aromatic rings. The van der Waals surface area contributed by atoms with Gasteiger partial charge in [-0.1, -0.05) is 37.7 Å². The van der Waals surface area contributed by atoms with E-state index in [1.807, 2.05) is 12.1 Å². The molecule has 0 aliphatic heterocycles.